The Morgan fingerprint density at radius 3 is 2.00 bits per heavy atom. The highest BCUT2D eigenvalue weighted by Crippen LogP contribution is 2.27. The van der Waals surface area contributed by atoms with E-state index in [1.165, 1.54) is 17.2 Å². The standard InChI is InChI=1S/C23H20O2/c1-2-23(24)25-22-15-9-14-20(16-18-10-5-3-6-11-18)21(22)17-19-12-7-4-8-13-19/h2-15H,1,16-17H2. The molecule has 0 saturated heterocycles. The van der Waals surface area contributed by atoms with E-state index >= 15 is 0 Å². The topological polar surface area (TPSA) is 26.3 Å². The lowest BCUT2D eigenvalue weighted by Gasteiger charge is -2.15. The molecule has 0 aliphatic carbocycles. The van der Waals surface area contributed by atoms with Crippen molar-refractivity contribution in [1.29, 1.82) is 0 Å². The van der Waals surface area contributed by atoms with Gasteiger partial charge in [-0.25, -0.2) is 4.79 Å². The molecule has 0 aliphatic rings. The lowest BCUT2D eigenvalue weighted by atomic mass is 9.94. The molecule has 124 valence electrons. The zero-order valence-electron chi connectivity index (χ0n) is 14.0. The second-order valence-electron chi connectivity index (χ2n) is 5.84. The minimum absolute atomic E-state index is 0.439. The summed E-state index contributed by atoms with van der Waals surface area (Å²) in [6.45, 7) is 3.49. The highest BCUT2D eigenvalue weighted by molar-refractivity contribution is 5.83. The van der Waals surface area contributed by atoms with Crippen molar-refractivity contribution in [3.05, 3.63) is 114 Å². The molecule has 0 aromatic heterocycles. The number of hydrogen-bond donors (Lipinski definition) is 0. The normalized spacial score (nSPS) is 10.2. The van der Waals surface area contributed by atoms with Gasteiger partial charge in [-0.05, 0) is 29.2 Å². The molecular formula is C23H20O2. The zero-order valence-corrected chi connectivity index (χ0v) is 14.0. The summed E-state index contributed by atoms with van der Waals surface area (Å²) in [5, 5.41) is 0. The van der Waals surface area contributed by atoms with Gasteiger partial charge in [0.1, 0.15) is 5.75 Å². The van der Waals surface area contributed by atoms with Gasteiger partial charge in [-0.3, -0.25) is 0 Å². The van der Waals surface area contributed by atoms with Gasteiger partial charge >= 0.3 is 5.97 Å². The largest absolute Gasteiger partial charge is 0.423 e. The van der Waals surface area contributed by atoms with Crippen molar-refractivity contribution in [1.82, 2.24) is 0 Å². The smallest absolute Gasteiger partial charge is 0.335 e. The number of carbonyl (C=O) groups is 1. The van der Waals surface area contributed by atoms with Crippen LogP contribution in [0.2, 0.25) is 0 Å². The summed E-state index contributed by atoms with van der Waals surface area (Å²) in [7, 11) is 0. The Balaban J connectivity index is 1.99. The van der Waals surface area contributed by atoms with Crippen LogP contribution >= 0.6 is 0 Å². The molecule has 0 heterocycles. The maximum absolute atomic E-state index is 11.7. The molecule has 2 heteroatoms. The van der Waals surface area contributed by atoms with Crippen LogP contribution in [0.4, 0.5) is 0 Å². The third-order valence-electron chi connectivity index (χ3n) is 4.07. The van der Waals surface area contributed by atoms with Crippen molar-refractivity contribution in [2.45, 2.75) is 12.8 Å². The SMILES string of the molecule is C=CC(=O)Oc1cccc(Cc2ccccc2)c1Cc1ccccc1. The van der Waals surface area contributed by atoms with E-state index < -0.39 is 5.97 Å². The number of rotatable bonds is 6. The molecular weight excluding hydrogens is 308 g/mol. The number of benzene rings is 3. The van der Waals surface area contributed by atoms with E-state index in [0.717, 1.165) is 17.5 Å². The summed E-state index contributed by atoms with van der Waals surface area (Å²) < 4.78 is 5.49. The minimum atomic E-state index is -0.439. The van der Waals surface area contributed by atoms with Gasteiger partial charge in [-0.1, -0.05) is 79.4 Å². The lowest BCUT2D eigenvalue weighted by molar-refractivity contribution is -0.129. The second kappa shape index (κ2) is 8.11. The van der Waals surface area contributed by atoms with Crippen LogP contribution in [-0.4, -0.2) is 5.97 Å². The van der Waals surface area contributed by atoms with Crippen molar-refractivity contribution < 1.29 is 9.53 Å². The Hall–Kier alpha value is -3.13. The predicted octanol–water partition coefficient (Wildman–Crippen LogP) is 4.96. The maximum Gasteiger partial charge on any atom is 0.335 e. The van der Waals surface area contributed by atoms with E-state index in [4.69, 9.17) is 4.74 Å². The Kier molecular flexibility index (Phi) is 5.43. The first-order valence-electron chi connectivity index (χ1n) is 8.29. The summed E-state index contributed by atoms with van der Waals surface area (Å²) in [6, 6.07) is 26.4. The molecule has 0 atom stereocenters. The Morgan fingerprint density at radius 1 is 0.800 bits per heavy atom. The van der Waals surface area contributed by atoms with Gasteiger partial charge in [-0.2, -0.15) is 0 Å². The first kappa shape index (κ1) is 16.7. The van der Waals surface area contributed by atoms with Crippen LogP contribution in [0.3, 0.4) is 0 Å². The molecule has 3 aromatic rings. The number of hydrogen-bond acceptors (Lipinski definition) is 2. The van der Waals surface area contributed by atoms with E-state index in [9.17, 15) is 4.79 Å². The molecule has 0 N–H and O–H groups in total. The summed E-state index contributed by atoms with van der Waals surface area (Å²) in [5.74, 6) is 0.161. The molecule has 0 aliphatic heterocycles. The van der Waals surface area contributed by atoms with E-state index in [-0.39, 0.29) is 0 Å². The first-order valence-corrected chi connectivity index (χ1v) is 8.29. The Labute approximate surface area is 148 Å². The average molecular weight is 328 g/mol. The third-order valence-corrected chi connectivity index (χ3v) is 4.07. The molecule has 3 rings (SSSR count). The molecule has 0 bridgehead atoms. The van der Waals surface area contributed by atoms with Crippen molar-refractivity contribution in [3.63, 3.8) is 0 Å². The van der Waals surface area contributed by atoms with Gasteiger partial charge < -0.3 is 4.74 Å². The Morgan fingerprint density at radius 2 is 1.40 bits per heavy atom. The second-order valence-corrected chi connectivity index (χ2v) is 5.84. The van der Waals surface area contributed by atoms with Crippen LogP contribution in [-0.2, 0) is 17.6 Å². The van der Waals surface area contributed by atoms with Gasteiger partial charge in [0.05, 0.1) is 0 Å². The van der Waals surface area contributed by atoms with Crippen LogP contribution in [0.25, 0.3) is 0 Å². The fourth-order valence-electron chi connectivity index (χ4n) is 2.84. The fraction of sp³-hybridized carbons (Fsp3) is 0.0870. The molecule has 25 heavy (non-hydrogen) atoms. The van der Waals surface area contributed by atoms with Crippen molar-refractivity contribution in [2.75, 3.05) is 0 Å². The van der Waals surface area contributed by atoms with Gasteiger partial charge in [0, 0.05) is 18.1 Å². The molecule has 0 fully saturated rings. The van der Waals surface area contributed by atoms with Gasteiger partial charge in [-0.15, -0.1) is 0 Å². The monoisotopic (exact) mass is 328 g/mol. The molecule has 2 nitrogen and oxygen atoms in total. The van der Waals surface area contributed by atoms with Gasteiger partial charge in [0.15, 0.2) is 0 Å². The van der Waals surface area contributed by atoms with Crippen LogP contribution in [0, 0.1) is 0 Å². The van der Waals surface area contributed by atoms with Gasteiger partial charge in [0.25, 0.3) is 0 Å². The number of esters is 1. The molecule has 0 saturated carbocycles. The van der Waals surface area contributed by atoms with Gasteiger partial charge in [0.2, 0.25) is 0 Å². The fourth-order valence-corrected chi connectivity index (χ4v) is 2.84. The average Bonchev–Trinajstić information content (AvgIpc) is 2.66. The molecule has 0 unspecified atom stereocenters. The van der Waals surface area contributed by atoms with E-state index in [1.807, 2.05) is 48.5 Å². The van der Waals surface area contributed by atoms with Crippen LogP contribution in [0.15, 0.2) is 91.5 Å². The van der Waals surface area contributed by atoms with Crippen LogP contribution in [0.1, 0.15) is 22.3 Å². The third kappa shape index (κ3) is 4.45. The van der Waals surface area contributed by atoms with Crippen LogP contribution in [0.5, 0.6) is 5.75 Å². The first-order chi connectivity index (χ1) is 12.3. The predicted molar refractivity (Wildman–Crippen MR) is 101 cm³/mol. The minimum Gasteiger partial charge on any atom is -0.423 e. The van der Waals surface area contributed by atoms with Crippen molar-refractivity contribution >= 4 is 5.97 Å². The molecule has 3 aromatic carbocycles. The lowest BCUT2D eigenvalue weighted by Crippen LogP contribution is -2.08. The van der Waals surface area contributed by atoms with E-state index in [2.05, 4.69) is 36.9 Å². The summed E-state index contributed by atoms with van der Waals surface area (Å²) in [6.07, 6.45) is 2.70. The van der Waals surface area contributed by atoms with E-state index in [1.54, 1.807) is 0 Å². The number of carbonyl (C=O) groups excluding carboxylic acids is 1. The van der Waals surface area contributed by atoms with Crippen molar-refractivity contribution in [2.24, 2.45) is 0 Å². The highest BCUT2D eigenvalue weighted by atomic mass is 16.5. The Bertz CT molecular complexity index is 852. The molecule has 0 spiro atoms. The van der Waals surface area contributed by atoms with Crippen molar-refractivity contribution in [3.8, 4) is 5.75 Å². The molecule has 0 amide bonds. The summed E-state index contributed by atoms with van der Waals surface area (Å²) >= 11 is 0. The zero-order chi connectivity index (χ0) is 17.5. The van der Waals surface area contributed by atoms with E-state index in [0.29, 0.717) is 12.2 Å². The molecule has 0 radical (unpaired) electrons. The quantitative estimate of drug-likeness (QED) is 0.363. The number of ether oxygens (including phenoxy) is 1. The highest BCUT2D eigenvalue weighted by Gasteiger charge is 2.13. The summed E-state index contributed by atoms with van der Waals surface area (Å²) in [4.78, 5) is 11.7. The van der Waals surface area contributed by atoms with Crippen LogP contribution < -0.4 is 4.74 Å². The maximum atomic E-state index is 11.7. The summed E-state index contributed by atoms with van der Waals surface area (Å²) in [5.41, 5.74) is 4.60.